The molecule has 0 radical (unpaired) electrons. The normalized spacial score (nSPS) is 14.1. The molecule has 0 saturated carbocycles. The summed E-state index contributed by atoms with van der Waals surface area (Å²) in [6.45, 7) is 3.92. The Kier molecular flexibility index (Phi) is 8.63. The van der Waals surface area contributed by atoms with E-state index in [1.807, 2.05) is 18.2 Å². The van der Waals surface area contributed by atoms with Crippen molar-refractivity contribution in [1.29, 1.82) is 0 Å². The molecule has 31 heavy (non-hydrogen) atoms. The number of morpholine rings is 1. The number of nitrogens with one attached hydrogen (secondary N) is 3. The zero-order valence-corrected chi connectivity index (χ0v) is 18.6. The number of benzene rings is 1. The second-order valence-corrected chi connectivity index (χ2v) is 7.80. The van der Waals surface area contributed by atoms with E-state index in [0.29, 0.717) is 36.5 Å². The molecule has 9 nitrogen and oxygen atoms in total. The van der Waals surface area contributed by atoms with Crippen LogP contribution in [0.3, 0.4) is 0 Å². The van der Waals surface area contributed by atoms with Crippen molar-refractivity contribution in [3.63, 3.8) is 0 Å². The Balaban J connectivity index is 1.38. The molecule has 1 aliphatic heterocycles. The molecule has 166 valence electrons. The molecule has 0 unspecified atom stereocenters. The minimum Gasteiger partial charge on any atom is -0.444 e. The SMILES string of the molecule is O=C(CNC(=O)c1ccc(Br)o1)NCc1cccc(NC(=O)CCN2CCOCC2)c1. The van der Waals surface area contributed by atoms with Crippen LogP contribution in [0.15, 0.2) is 45.5 Å². The molecule has 2 aromatic rings. The van der Waals surface area contributed by atoms with Crippen LogP contribution in [0, 0.1) is 0 Å². The molecule has 0 aliphatic carbocycles. The minimum absolute atomic E-state index is 0.0556. The maximum absolute atomic E-state index is 12.2. The maximum Gasteiger partial charge on any atom is 0.287 e. The van der Waals surface area contributed by atoms with Crippen LogP contribution in [0.2, 0.25) is 0 Å². The quantitative estimate of drug-likeness (QED) is 0.491. The van der Waals surface area contributed by atoms with Gasteiger partial charge in [-0.25, -0.2) is 0 Å². The number of anilines is 1. The number of carbonyl (C=O) groups is 3. The van der Waals surface area contributed by atoms with Crippen molar-refractivity contribution in [1.82, 2.24) is 15.5 Å². The molecular formula is C21H25BrN4O5. The molecule has 0 bridgehead atoms. The predicted molar refractivity (Wildman–Crippen MR) is 118 cm³/mol. The van der Waals surface area contributed by atoms with E-state index in [1.54, 1.807) is 12.1 Å². The Bertz CT molecular complexity index is 911. The summed E-state index contributed by atoms with van der Waals surface area (Å²) >= 11 is 3.12. The molecule has 0 spiro atoms. The fraction of sp³-hybridized carbons (Fsp3) is 0.381. The summed E-state index contributed by atoms with van der Waals surface area (Å²) < 4.78 is 10.9. The number of amides is 3. The molecule has 3 rings (SSSR count). The van der Waals surface area contributed by atoms with Crippen molar-refractivity contribution < 1.29 is 23.5 Å². The van der Waals surface area contributed by atoms with Gasteiger partial charge in [0.2, 0.25) is 11.8 Å². The Morgan fingerprint density at radius 2 is 1.84 bits per heavy atom. The number of hydrogen-bond donors (Lipinski definition) is 3. The topological polar surface area (TPSA) is 113 Å². The summed E-state index contributed by atoms with van der Waals surface area (Å²) in [5, 5.41) is 8.12. The second-order valence-electron chi connectivity index (χ2n) is 7.02. The number of furan rings is 1. The summed E-state index contributed by atoms with van der Waals surface area (Å²) in [6, 6.07) is 10.4. The summed E-state index contributed by atoms with van der Waals surface area (Å²) in [6.07, 6.45) is 0.410. The van der Waals surface area contributed by atoms with Crippen LogP contribution >= 0.6 is 15.9 Å². The fourth-order valence-corrected chi connectivity index (χ4v) is 3.32. The molecule has 1 aromatic heterocycles. The first kappa shape index (κ1) is 23.0. The van der Waals surface area contributed by atoms with Crippen molar-refractivity contribution in [3.05, 3.63) is 52.4 Å². The van der Waals surface area contributed by atoms with Crippen LogP contribution in [-0.4, -0.2) is 62.0 Å². The molecule has 1 aromatic carbocycles. The average Bonchev–Trinajstić information content (AvgIpc) is 3.22. The standard InChI is InChI=1S/C21H25BrN4O5/c22-18-5-4-17(31-18)21(29)24-14-20(28)23-13-15-2-1-3-16(12-15)25-19(27)6-7-26-8-10-30-11-9-26/h1-5,12H,6-11,13-14H2,(H,23,28)(H,24,29)(H,25,27). The van der Waals surface area contributed by atoms with Crippen molar-refractivity contribution >= 4 is 39.3 Å². The van der Waals surface area contributed by atoms with Gasteiger partial charge in [0.25, 0.3) is 5.91 Å². The number of halogens is 1. The first-order valence-electron chi connectivity index (χ1n) is 9.99. The van der Waals surface area contributed by atoms with Gasteiger partial charge in [0, 0.05) is 38.3 Å². The Hall–Kier alpha value is -2.69. The van der Waals surface area contributed by atoms with E-state index < -0.39 is 5.91 Å². The van der Waals surface area contributed by atoms with Gasteiger partial charge >= 0.3 is 0 Å². The summed E-state index contributed by atoms with van der Waals surface area (Å²) in [5.41, 5.74) is 1.51. The third-order valence-corrected chi connectivity index (χ3v) is 5.09. The smallest absolute Gasteiger partial charge is 0.287 e. The van der Waals surface area contributed by atoms with Gasteiger partial charge in [0.05, 0.1) is 19.8 Å². The van der Waals surface area contributed by atoms with Gasteiger partial charge in [-0.3, -0.25) is 19.3 Å². The molecule has 0 atom stereocenters. The second kappa shape index (κ2) is 11.6. The highest BCUT2D eigenvalue weighted by atomic mass is 79.9. The molecular weight excluding hydrogens is 468 g/mol. The van der Waals surface area contributed by atoms with E-state index in [9.17, 15) is 14.4 Å². The maximum atomic E-state index is 12.2. The first-order chi connectivity index (χ1) is 15.0. The van der Waals surface area contributed by atoms with Crippen LogP contribution in [0.5, 0.6) is 0 Å². The van der Waals surface area contributed by atoms with Gasteiger partial charge in [-0.05, 0) is 45.8 Å². The number of ether oxygens (including phenoxy) is 1. The summed E-state index contributed by atoms with van der Waals surface area (Å²) in [4.78, 5) is 38.3. The van der Waals surface area contributed by atoms with E-state index in [-0.39, 0.29) is 30.7 Å². The molecule has 1 aliphatic rings. The molecule has 1 fully saturated rings. The lowest BCUT2D eigenvalue weighted by Crippen LogP contribution is -2.38. The lowest BCUT2D eigenvalue weighted by atomic mass is 10.2. The van der Waals surface area contributed by atoms with Gasteiger partial charge in [0.15, 0.2) is 10.4 Å². The highest BCUT2D eigenvalue weighted by molar-refractivity contribution is 9.10. The molecule has 3 N–H and O–H groups in total. The van der Waals surface area contributed by atoms with Gasteiger partial charge in [-0.15, -0.1) is 0 Å². The van der Waals surface area contributed by atoms with E-state index in [0.717, 1.165) is 18.7 Å². The van der Waals surface area contributed by atoms with E-state index in [1.165, 1.54) is 6.07 Å². The Morgan fingerprint density at radius 1 is 1.03 bits per heavy atom. The fourth-order valence-electron chi connectivity index (χ4n) is 3.01. The number of hydrogen-bond acceptors (Lipinski definition) is 6. The Morgan fingerprint density at radius 3 is 2.58 bits per heavy atom. The van der Waals surface area contributed by atoms with Crippen molar-refractivity contribution in [2.45, 2.75) is 13.0 Å². The lowest BCUT2D eigenvalue weighted by molar-refractivity contribution is -0.120. The highest BCUT2D eigenvalue weighted by Crippen LogP contribution is 2.14. The highest BCUT2D eigenvalue weighted by Gasteiger charge is 2.13. The van der Waals surface area contributed by atoms with Crippen molar-refractivity contribution in [2.75, 3.05) is 44.7 Å². The van der Waals surface area contributed by atoms with Crippen LogP contribution in [0.4, 0.5) is 5.69 Å². The van der Waals surface area contributed by atoms with E-state index in [4.69, 9.17) is 9.15 Å². The largest absolute Gasteiger partial charge is 0.444 e. The van der Waals surface area contributed by atoms with E-state index in [2.05, 4.69) is 36.8 Å². The van der Waals surface area contributed by atoms with Gasteiger partial charge < -0.3 is 25.1 Å². The molecule has 3 amide bonds. The third-order valence-electron chi connectivity index (χ3n) is 4.67. The van der Waals surface area contributed by atoms with Crippen LogP contribution < -0.4 is 16.0 Å². The monoisotopic (exact) mass is 492 g/mol. The molecule has 10 heteroatoms. The number of nitrogens with zero attached hydrogens (tertiary/aromatic N) is 1. The van der Waals surface area contributed by atoms with Gasteiger partial charge in [-0.1, -0.05) is 12.1 Å². The molecule has 1 saturated heterocycles. The number of carbonyl (C=O) groups excluding carboxylic acids is 3. The summed E-state index contributed by atoms with van der Waals surface area (Å²) in [5.74, 6) is -0.738. The summed E-state index contributed by atoms with van der Waals surface area (Å²) in [7, 11) is 0. The minimum atomic E-state index is -0.470. The number of rotatable bonds is 9. The van der Waals surface area contributed by atoms with Gasteiger partial charge in [-0.2, -0.15) is 0 Å². The Labute approximate surface area is 188 Å². The van der Waals surface area contributed by atoms with Crippen molar-refractivity contribution in [2.24, 2.45) is 0 Å². The zero-order chi connectivity index (χ0) is 22.1. The van der Waals surface area contributed by atoms with Crippen molar-refractivity contribution in [3.8, 4) is 0 Å². The first-order valence-corrected chi connectivity index (χ1v) is 10.8. The van der Waals surface area contributed by atoms with Crippen LogP contribution in [0.1, 0.15) is 22.5 Å². The predicted octanol–water partition coefficient (Wildman–Crippen LogP) is 1.75. The van der Waals surface area contributed by atoms with Crippen LogP contribution in [0.25, 0.3) is 0 Å². The van der Waals surface area contributed by atoms with Gasteiger partial charge in [0.1, 0.15) is 0 Å². The average molecular weight is 493 g/mol. The van der Waals surface area contributed by atoms with E-state index >= 15 is 0 Å². The lowest BCUT2D eigenvalue weighted by Gasteiger charge is -2.26. The van der Waals surface area contributed by atoms with Crippen LogP contribution in [-0.2, 0) is 20.9 Å². The molecule has 2 heterocycles. The third kappa shape index (κ3) is 7.82. The zero-order valence-electron chi connectivity index (χ0n) is 17.0.